The molecule has 0 bridgehead atoms. The van der Waals surface area contributed by atoms with Crippen LogP contribution >= 0.6 is 24.0 Å². The molecule has 2 aromatic rings. The molecule has 176 valence electrons. The third-order valence-electron chi connectivity index (χ3n) is 6.82. The van der Waals surface area contributed by atoms with Crippen molar-refractivity contribution in [2.75, 3.05) is 18.0 Å². The summed E-state index contributed by atoms with van der Waals surface area (Å²) < 4.78 is 2.06. The molecule has 3 heterocycles. The molecule has 1 amide bonds. The molecule has 2 aliphatic rings. The summed E-state index contributed by atoms with van der Waals surface area (Å²) >= 11 is 6.86. The Morgan fingerprint density at radius 3 is 2.47 bits per heavy atom. The Kier molecular flexibility index (Phi) is 6.96. The van der Waals surface area contributed by atoms with Crippen LogP contribution in [0.3, 0.4) is 0 Å². The lowest BCUT2D eigenvalue weighted by Gasteiger charge is -2.34. The SMILES string of the molecule is Cc1c(/C=C2\SC(=S)N([C@@H](C)c3ccccc3)C2=O)c(N2CCC(C)CC2)n(C)c(=O)c1C#N. The second-order valence-corrected chi connectivity index (χ2v) is 10.7. The minimum absolute atomic E-state index is 0.107. The quantitative estimate of drug-likeness (QED) is 0.453. The normalized spacial score (nSPS) is 19.1. The maximum atomic E-state index is 13.5. The topological polar surface area (TPSA) is 69.3 Å². The van der Waals surface area contributed by atoms with Gasteiger partial charge < -0.3 is 4.90 Å². The van der Waals surface area contributed by atoms with E-state index in [-0.39, 0.29) is 23.1 Å². The molecule has 2 saturated heterocycles. The molecule has 1 aromatic heterocycles. The van der Waals surface area contributed by atoms with Gasteiger partial charge in [-0.1, -0.05) is 61.2 Å². The number of aromatic nitrogens is 1. The summed E-state index contributed by atoms with van der Waals surface area (Å²) in [6.45, 7) is 7.64. The number of piperidine rings is 1. The first-order chi connectivity index (χ1) is 16.2. The molecule has 0 aliphatic carbocycles. The van der Waals surface area contributed by atoms with Gasteiger partial charge in [-0.2, -0.15) is 5.26 Å². The number of amides is 1. The molecule has 2 fully saturated rings. The molecule has 0 radical (unpaired) electrons. The highest BCUT2D eigenvalue weighted by molar-refractivity contribution is 8.26. The van der Waals surface area contributed by atoms with E-state index in [9.17, 15) is 14.9 Å². The Morgan fingerprint density at radius 1 is 1.21 bits per heavy atom. The zero-order valence-electron chi connectivity index (χ0n) is 19.9. The van der Waals surface area contributed by atoms with Crippen LogP contribution in [0.5, 0.6) is 0 Å². The molecule has 4 rings (SSSR count). The standard InChI is InChI=1S/C26H28N4O2S2/c1-16-10-12-29(13-11-16)23-20(17(2)21(15-27)24(31)28(23)4)14-22-25(32)30(26(33)34-22)18(3)19-8-6-5-7-9-19/h5-9,14,16,18H,10-13H2,1-4H3/b22-14-/t18-/m0/s1. The second-order valence-electron chi connectivity index (χ2n) is 9.02. The van der Waals surface area contributed by atoms with E-state index >= 15 is 0 Å². The summed E-state index contributed by atoms with van der Waals surface area (Å²) in [5, 5.41) is 9.68. The van der Waals surface area contributed by atoms with E-state index in [2.05, 4.69) is 17.9 Å². The molecule has 34 heavy (non-hydrogen) atoms. The smallest absolute Gasteiger partial charge is 0.270 e. The lowest BCUT2D eigenvalue weighted by molar-refractivity contribution is -0.123. The first-order valence-corrected chi connectivity index (χ1v) is 12.7. The Hall–Kier alpha value is -2.89. The van der Waals surface area contributed by atoms with Crippen LogP contribution in [0.1, 0.15) is 55.0 Å². The first-order valence-electron chi connectivity index (χ1n) is 11.4. The summed E-state index contributed by atoms with van der Waals surface area (Å²) in [6, 6.07) is 11.7. The van der Waals surface area contributed by atoms with Crippen LogP contribution in [0, 0.1) is 24.2 Å². The van der Waals surface area contributed by atoms with E-state index in [4.69, 9.17) is 12.2 Å². The van der Waals surface area contributed by atoms with Crippen molar-refractivity contribution in [3.8, 4) is 6.07 Å². The fraction of sp³-hybridized carbons (Fsp3) is 0.385. The Bertz CT molecular complexity index is 1270. The van der Waals surface area contributed by atoms with Crippen molar-refractivity contribution in [3.63, 3.8) is 0 Å². The van der Waals surface area contributed by atoms with Crippen molar-refractivity contribution in [3.05, 3.63) is 67.8 Å². The first kappa shape index (κ1) is 24.2. The number of carbonyl (C=O) groups excluding carboxylic acids is 1. The molecule has 0 spiro atoms. The van der Waals surface area contributed by atoms with Gasteiger partial charge in [-0.25, -0.2) is 0 Å². The minimum Gasteiger partial charge on any atom is -0.357 e. The number of benzene rings is 1. The van der Waals surface area contributed by atoms with Gasteiger partial charge in [-0.3, -0.25) is 19.1 Å². The number of carbonyl (C=O) groups is 1. The van der Waals surface area contributed by atoms with Crippen molar-refractivity contribution in [1.29, 1.82) is 5.26 Å². The predicted octanol–water partition coefficient (Wildman–Crippen LogP) is 4.76. The van der Waals surface area contributed by atoms with Crippen LogP contribution in [0.4, 0.5) is 5.82 Å². The average Bonchev–Trinajstić information content (AvgIpc) is 3.11. The Balaban J connectivity index is 1.80. The van der Waals surface area contributed by atoms with E-state index in [0.29, 0.717) is 20.7 Å². The van der Waals surface area contributed by atoms with Crippen LogP contribution in [0.2, 0.25) is 0 Å². The predicted molar refractivity (Wildman–Crippen MR) is 142 cm³/mol. The number of nitrogens with zero attached hydrogens (tertiary/aromatic N) is 4. The molecule has 8 heteroatoms. The molecule has 6 nitrogen and oxygen atoms in total. The van der Waals surface area contributed by atoms with E-state index in [1.54, 1.807) is 23.4 Å². The number of rotatable bonds is 4. The minimum atomic E-state index is -0.309. The number of anilines is 1. The van der Waals surface area contributed by atoms with Gasteiger partial charge in [0.25, 0.3) is 11.5 Å². The molecule has 0 N–H and O–H groups in total. The molecular formula is C26H28N4O2S2. The number of thiocarbonyl (C=S) groups is 1. The third-order valence-corrected chi connectivity index (χ3v) is 8.15. The van der Waals surface area contributed by atoms with Gasteiger partial charge in [0.05, 0.1) is 10.9 Å². The average molecular weight is 493 g/mol. The summed E-state index contributed by atoms with van der Waals surface area (Å²) in [5.41, 5.74) is 2.14. The van der Waals surface area contributed by atoms with Crippen molar-refractivity contribution in [2.45, 2.75) is 39.7 Å². The van der Waals surface area contributed by atoms with Crippen LogP contribution < -0.4 is 10.5 Å². The van der Waals surface area contributed by atoms with Crippen LogP contribution in [-0.4, -0.2) is 32.8 Å². The molecule has 2 aliphatic heterocycles. The molecule has 0 unspecified atom stereocenters. The zero-order valence-corrected chi connectivity index (χ0v) is 21.5. The van der Waals surface area contributed by atoms with Gasteiger partial charge in [0.15, 0.2) is 0 Å². The van der Waals surface area contributed by atoms with Gasteiger partial charge in [0.2, 0.25) is 0 Å². The maximum Gasteiger partial charge on any atom is 0.270 e. The molecule has 1 atom stereocenters. The second kappa shape index (κ2) is 9.77. The molecular weight excluding hydrogens is 464 g/mol. The summed E-state index contributed by atoms with van der Waals surface area (Å²) in [7, 11) is 1.70. The Labute approximate surface area is 209 Å². The van der Waals surface area contributed by atoms with E-state index < -0.39 is 0 Å². The highest BCUT2D eigenvalue weighted by Gasteiger charge is 2.36. The number of pyridine rings is 1. The van der Waals surface area contributed by atoms with Gasteiger partial charge in [-0.15, -0.1) is 0 Å². The fourth-order valence-corrected chi connectivity index (χ4v) is 6.04. The van der Waals surface area contributed by atoms with Crippen LogP contribution in [0.25, 0.3) is 6.08 Å². The van der Waals surface area contributed by atoms with Crippen molar-refractivity contribution in [1.82, 2.24) is 9.47 Å². The summed E-state index contributed by atoms with van der Waals surface area (Å²) in [5.74, 6) is 1.23. The number of thioether (sulfide) groups is 1. The highest BCUT2D eigenvalue weighted by Crippen LogP contribution is 2.40. The largest absolute Gasteiger partial charge is 0.357 e. The maximum absolute atomic E-state index is 13.5. The van der Waals surface area contributed by atoms with E-state index in [1.807, 2.05) is 43.3 Å². The monoisotopic (exact) mass is 492 g/mol. The lowest BCUT2D eigenvalue weighted by atomic mass is 9.97. The van der Waals surface area contributed by atoms with Crippen molar-refractivity contribution in [2.24, 2.45) is 13.0 Å². The van der Waals surface area contributed by atoms with Gasteiger partial charge >= 0.3 is 0 Å². The lowest BCUT2D eigenvalue weighted by Crippen LogP contribution is -2.38. The number of nitriles is 1. The highest BCUT2D eigenvalue weighted by atomic mass is 32.2. The van der Waals surface area contributed by atoms with E-state index in [1.165, 1.54) is 11.8 Å². The van der Waals surface area contributed by atoms with Crippen LogP contribution in [-0.2, 0) is 11.8 Å². The van der Waals surface area contributed by atoms with Gasteiger partial charge in [0, 0.05) is 25.7 Å². The Morgan fingerprint density at radius 2 is 1.85 bits per heavy atom. The molecule has 1 aromatic carbocycles. The number of hydrogen-bond acceptors (Lipinski definition) is 6. The molecule has 0 saturated carbocycles. The van der Waals surface area contributed by atoms with Crippen molar-refractivity contribution < 1.29 is 4.79 Å². The van der Waals surface area contributed by atoms with E-state index in [0.717, 1.165) is 42.9 Å². The van der Waals surface area contributed by atoms with Gasteiger partial charge in [-0.05, 0) is 49.8 Å². The summed E-state index contributed by atoms with van der Waals surface area (Å²) in [4.78, 5) is 30.8. The van der Waals surface area contributed by atoms with Crippen LogP contribution in [0.15, 0.2) is 40.0 Å². The number of hydrogen-bond donors (Lipinski definition) is 0. The third kappa shape index (κ3) is 4.30. The van der Waals surface area contributed by atoms with Gasteiger partial charge in [0.1, 0.15) is 21.8 Å². The summed E-state index contributed by atoms with van der Waals surface area (Å²) in [6.07, 6.45) is 3.88. The van der Waals surface area contributed by atoms with Crippen molar-refractivity contribution >= 4 is 46.1 Å². The zero-order chi connectivity index (χ0) is 24.6. The fourth-order valence-electron chi connectivity index (χ4n) is 4.64.